The van der Waals surface area contributed by atoms with Crippen LogP contribution in [0.1, 0.15) is 28.8 Å². The second kappa shape index (κ2) is 7.98. The van der Waals surface area contributed by atoms with Gasteiger partial charge in [-0.1, -0.05) is 36.2 Å². The van der Waals surface area contributed by atoms with Crippen molar-refractivity contribution in [3.8, 4) is 0 Å². The first-order valence-corrected chi connectivity index (χ1v) is 9.10. The van der Waals surface area contributed by atoms with Crippen molar-refractivity contribution >= 4 is 40.8 Å². The maximum Gasteiger partial charge on any atom is 0.321 e. The zero-order valence-corrected chi connectivity index (χ0v) is 15.8. The van der Waals surface area contributed by atoms with Crippen LogP contribution in [0.5, 0.6) is 0 Å². The van der Waals surface area contributed by atoms with Crippen LogP contribution >= 0.6 is 23.2 Å². The number of anilines is 1. The minimum atomic E-state index is -0.183. The van der Waals surface area contributed by atoms with Crippen molar-refractivity contribution in [1.29, 1.82) is 0 Å². The van der Waals surface area contributed by atoms with Crippen molar-refractivity contribution in [3.63, 3.8) is 0 Å². The molecule has 0 bridgehead atoms. The van der Waals surface area contributed by atoms with Gasteiger partial charge in [-0.15, -0.1) is 0 Å². The number of hydrogen-bond donors (Lipinski definition) is 2. The van der Waals surface area contributed by atoms with Gasteiger partial charge in [-0.25, -0.2) is 4.79 Å². The van der Waals surface area contributed by atoms with Gasteiger partial charge in [-0.2, -0.15) is 0 Å². The molecule has 136 valence electrons. The number of amides is 3. The zero-order valence-electron chi connectivity index (χ0n) is 14.3. The second-order valence-electron chi connectivity index (χ2n) is 6.18. The fourth-order valence-corrected chi connectivity index (χ4v) is 3.71. The molecule has 3 rings (SSSR count). The highest BCUT2D eigenvalue weighted by molar-refractivity contribution is 6.36. The summed E-state index contributed by atoms with van der Waals surface area (Å²) in [4.78, 5) is 25.7. The van der Waals surface area contributed by atoms with Crippen molar-refractivity contribution in [2.75, 3.05) is 24.5 Å². The molecule has 1 atom stereocenters. The lowest BCUT2D eigenvalue weighted by molar-refractivity contribution is 0.0951. The van der Waals surface area contributed by atoms with Crippen LogP contribution in [0.25, 0.3) is 0 Å². The Kier molecular flexibility index (Phi) is 5.69. The van der Waals surface area contributed by atoms with Gasteiger partial charge in [0.15, 0.2) is 0 Å². The smallest absolute Gasteiger partial charge is 0.321 e. The molecule has 26 heavy (non-hydrogen) atoms. The molecule has 5 nitrogen and oxygen atoms in total. The van der Waals surface area contributed by atoms with E-state index >= 15 is 0 Å². The summed E-state index contributed by atoms with van der Waals surface area (Å²) in [5.74, 6) is -0.204. The number of nitrogens with zero attached hydrogens (tertiary/aromatic N) is 1. The van der Waals surface area contributed by atoms with E-state index in [4.69, 9.17) is 23.2 Å². The number of urea groups is 1. The van der Waals surface area contributed by atoms with Crippen molar-refractivity contribution in [2.45, 2.75) is 12.8 Å². The van der Waals surface area contributed by atoms with E-state index in [1.54, 1.807) is 47.4 Å². The predicted molar refractivity (Wildman–Crippen MR) is 104 cm³/mol. The van der Waals surface area contributed by atoms with Crippen LogP contribution in [0.15, 0.2) is 42.5 Å². The highest BCUT2D eigenvalue weighted by atomic mass is 35.5. The largest absolute Gasteiger partial charge is 0.351 e. The van der Waals surface area contributed by atoms with Gasteiger partial charge in [0.2, 0.25) is 0 Å². The second-order valence-corrected chi connectivity index (χ2v) is 6.99. The Morgan fingerprint density at radius 1 is 1.19 bits per heavy atom. The molecule has 3 amide bonds. The zero-order chi connectivity index (χ0) is 18.7. The number of benzene rings is 2. The Bertz CT molecular complexity index is 804. The average molecular weight is 392 g/mol. The summed E-state index contributed by atoms with van der Waals surface area (Å²) in [7, 11) is 0. The molecule has 0 spiro atoms. The average Bonchev–Trinajstić information content (AvgIpc) is 3.05. The Morgan fingerprint density at radius 2 is 1.85 bits per heavy atom. The van der Waals surface area contributed by atoms with Gasteiger partial charge in [0, 0.05) is 46.8 Å². The lowest BCUT2D eigenvalue weighted by Gasteiger charge is -2.17. The van der Waals surface area contributed by atoms with Gasteiger partial charge < -0.3 is 10.6 Å². The molecule has 1 aliphatic heterocycles. The first-order valence-electron chi connectivity index (χ1n) is 8.35. The minimum absolute atomic E-state index is 0.0206. The molecular formula is C19H19Cl2N3O2. The van der Waals surface area contributed by atoms with Crippen molar-refractivity contribution in [1.82, 2.24) is 10.6 Å². The maximum absolute atomic E-state index is 12.4. The molecule has 2 aromatic rings. The number of nitrogens with one attached hydrogen (secondary N) is 2. The number of halogens is 2. The van der Waals surface area contributed by atoms with Gasteiger partial charge in [-0.3, -0.25) is 9.69 Å². The number of rotatable bonds is 5. The van der Waals surface area contributed by atoms with Crippen LogP contribution in [-0.4, -0.2) is 31.6 Å². The molecule has 2 aromatic carbocycles. The molecule has 0 radical (unpaired) electrons. The Balaban J connectivity index is 1.62. The quantitative estimate of drug-likeness (QED) is 0.806. The van der Waals surface area contributed by atoms with Crippen molar-refractivity contribution in [3.05, 3.63) is 63.6 Å². The summed E-state index contributed by atoms with van der Waals surface area (Å²) in [5.41, 5.74) is 2.13. The summed E-state index contributed by atoms with van der Waals surface area (Å²) in [6.07, 6.45) is 0. The molecule has 0 aliphatic carbocycles. The van der Waals surface area contributed by atoms with E-state index in [-0.39, 0.29) is 17.9 Å². The summed E-state index contributed by atoms with van der Waals surface area (Å²) >= 11 is 12.4. The highest BCUT2D eigenvalue weighted by Gasteiger charge is 2.21. The van der Waals surface area contributed by atoms with E-state index in [0.29, 0.717) is 35.2 Å². The molecule has 1 heterocycles. The summed E-state index contributed by atoms with van der Waals surface area (Å²) in [6.45, 7) is 3.63. The molecule has 2 N–H and O–H groups in total. The topological polar surface area (TPSA) is 61.4 Å². The number of carbonyl (C=O) groups excluding carboxylic acids is 2. The van der Waals surface area contributed by atoms with Gasteiger partial charge >= 0.3 is 6.03 Å². The first kappa shape index (κ1) is 18.5. The van der Waals surface area contributed by atoms with Gasteiger partial charge in [-0.05, 0) is 42.0 Å². The lowest BCUT2D eigenvalue weighted by atomic mass is 10.0. The number of carbonyl (C=O) groups is 2. The standard InChI is InChI=1S/C19H19Cl2N3O2/c1-12(17-15(20)3-2-4-16(17)21)11-23-18(25)13-5-7-14(8-6-13)24-10-9-22-19(24)26/h2-8,12H,9-11H2,1H3,(H,22,26)(H,23,25). The van der Waals surface area contributed by atoms with E-state index in [2.05, 4.69) is 10.6 Å². The Hall–Kier alpha value is -2.24. The minimum Gasteiger partial charge on any atom is -0.351 e. The highest BCUT2D eigenvalue weighted by Crippen LogP contribution is 2.31. The van der Waals surface area contributed by atoms with Crippen LogP contribution in [-0.2, 0) is 0 Å². The summed E-state index contributed by atoms with van der Waals surface area (Å²) in [6, 6.07) is 12.2. The van der Waals surface area contributed by atoms with E-state index in [9.17, 15) is 9.59 Å². The van der Waals surface area contributed by atoms with Crippen LogP contribution in [0.4, 0.5) is 10.5 Å². The molecular weight excluding hydrogens is 373 g/mol. The van der Waals surface area contributed by atoms with E-state index in [1.165, 1.54) is 0 Å². The van der Waals surface area contributed by atoms with Crippen LogP contribution < -0.4 is 15.5 Å². The molecule has 1 saturated heterocycles. The third kappa shape index (κ3) is 3.94. The third-order valence-electron chi connectivity index (χ3n) is 4.36. The van der Waals surface area contributed by atoms with Crippen LogP contribution in [0.3, 0.4) is 0 Å². The molecule has 0 saturated carbocycles. The maximum atomic E-state index is 12.4. The van der Waals surface area contributed by atoms with E-state index in [1.807, 2.05) is 6.92 Å². The summed E-state index contributed by atoms with van der Waals surface area (Å²) in [5, 5.41) is 6.83. The SMILES string of the molecule is CC(CNC(=O)c1ccc(N2CCNC2=O)cc1)c1c(Cl)cccc1Cl. The number of hydrogen-bond acceptors (Lipinski definition) is 2. The van der Waals surface area contributed by atoms with Crippen molar-refractivity contribution < 1.29 is 9.59 Å². The molecule has 0 aromatic heterocycles. The third-order valence-corrected chi connectivity index (χ3v) is 5.02. The Labute approximate surface area is 162 Å². The Morgan fingerprint density at radius 3 is 2.42 bits per heavy atom. The normalized spacial score (nSPS) is 14.9. The predicted octanol–water partition coefficient (Wildman–Crippen LogP) is 4.06. The van der Waals surface area contributed by atoms with Crippen LogP contribution in [0.2, 0.25) is 10.0 Å². The van der Waals surface area contributed by atoms with Gasteiger partial charge in [0.25, 0.3) is 5.91 Å². The molecule has 1 fully saturated rings. The van der Waals surface area contributed by atoms with E-state index < -0.39 is 0 Å². The van der Waals surface area contributed by atoms with Crippen LogP contribution in [0, 0.1) is 0 Å². The first-order chi connectivity index (χ1) is 12.5. The fourth-order valence-electron chi connectivity index (χ4n) is 2.94. The molecule has 1 aliphatic rings. The monoisotopic (exact) mass is 391 g/mol. The summed E-state index contributed by atoms with van der Waals surface area (Å²) < 4.78 is 0. The van der Waals surface area contributed by atoms with Crippen molar-refractivity contribution in [2.24, 2.45) is 0 Å². The van der Waals surface area contributed by atoms with E-state index in [0.717, 1.165) is 11.3 Å². The van der Waals surface area contributed by atoms with Gasteiger partial charge in [0.05, 0.1) is 0 Å². The van der Waals surface area contributed by atoms with Gasteiger partial charge in [0.1, 0.15) is 0 Å². The lowest BCUT2D eigenvalue weighted by Crippen LogP contribution is -2.29. The fraction of sp³-hybridized carbons (Fsp3) is 0.263. The molecule has 7 heteroatoms. The molecule has 1 unspecified atom stereocenters.